The fraction of sp³-hybridized carbons (Fsp3) is 0.286. The molecular weight excluding hydrogens is 413 g/mol. The minimum atomic E-state index is -1.29. The number of hydrogen-bond donors (Lipinski definition) is 1. The summed E-state index contributed by atoms with van der Waals surface area (Å²) in [5.74, 6) is -1.29. The number of aromatic nitrogens is 3. The first-order chi connectivity index (χ1) is 13.8. The minimum Gasteiger partial charge on any atom is -0.477 e. The van der Waals surface area contributed by atoms with E-state index in [1.54, 1.807) is 27.4 Å². The first-order valence-electron chi connectivity index (χ1n) is 9.27. The first kappa shape index (κ1) is 22.7. The highest BCUT2D eigenvalue weighted by Gasteiger charge is 2.22. The van der Waals surface area contributed by atoms with E-state index in [0.29, 0.717) is 35.1 Å². The van der Waals surface area contributed by atoms with Crippen molar-refractivity contribution in [2.24, 2.45) is 0 Å². The van der Waals surface area contributed by atoms with Crippen LogP contribution in [0.1, 0.15) is 42.5 Å². The molecule has 6 nitrogen and oxygen atoms in total. The van der Waals surface area contributed by atoms with Crippen LogP contribution in [-0.4, -0.2) is 25.4 Å². The Kier molecular flexibility index (Phi) is 7.65. The molecular formula is C21H23Cl2N3O3. The van der Waals surface area contributed by atoms with Crippen molar-refractivity contribution in [3.63, 3.8) is 0 Å². The molecule has 0 aliphatic rings. The Morgan fingerprint density at radius 3 is 2.34 bits per heavy atom. The third-order valence-corrected chi connectivity index (χ3v) is 4.96. The highest BCUT2D eigenvalue weighted by molar-refractivity contribution is 6.42. The standard InChI is InChI=1S/C19H17Cl2N3O3.C2H6/c1-3-24-13(10-23-7-6-11(2)22-23)9-16(25)17(19(26)27)18(24)12-4-5-14(20)15(21)8-12;1-2/h4-9H,3,10H2,1-2H3,(H,26,27);1-2H3. The summed E-state index contributed by atoms with van der Waals surface area (Å²) in [5, 5.41) is 14.6. The zero-order valence-corrected chi connectivity index (χ0v) is 18.3. The Balaban J connectivity index is 0.00000145. The highest BCUT2D eigenvalue weighted by atomic mass is 35.5. The van der Waals surface area contributed by atoms with Crippen LogP contribution in [-0.2, 0) is 13.1 Å². The van der Waals surface area contributed by atoms with E-state index in [2.05, 4.69) is 5.10 Å². The Bertz CT molecular complexity index is 1090. The summed E-state index contributed by atoms with van der Waals surface area (Å²) < 4.78 is 3.50. The number of aryl methyl sites for hydroxylation is 1. The number of carboxylic acid groups (broad SMARTS) is 1. The fourth-order valence-electron chi connectivity index (χ4n) is 3.06. The third kappa shape index (κ3) is 4.89. The zero-order chi connectivity index (χ0) is 21.7. The highest BCUT2D eigenvalue weighted by Crippen LogP contribution is 2.30. The Morgan fingerprint density at radius 1 is 1.14 bits per heavy atom. The molecule has 154 valence electrons. The summed E-state index contributed by atoms with van der Waals surface area (Å²) in [6, 6.07) is 8.02. The van der Waals surface area contributed by atoms with Crippen LogP contribution in [0, 0.1) is 6.92 Å². The molecule has 8 heteroatoms. The van der Waals surface area contributed by atoms with Gasteiger partial charge in [0.25, 0.3) is 0 Å². The number of benzene rings is 1. The molecule has 0 amide bonds. The maximum Gasteiger partial charge on any atom is 0.341 e. The first-order valence-corrected chi connectivity index (χ1v) is 10.0. The molecule has 0 saturated heterocycles. The van der Waals surface area contributed by atoms with Gasteiger partial charge in [0.15, 0.2) is 5.43 Å². The number of halogens is 2. The molecule has 0 aliphatic carbocycles. The zero-order valence-electron chi connectivity index (χ0n) is 16.7. The number of nitrogens with zero attached hydrogens (tertiary/aromatic N) is 3. The third-order valence-electron chi connectivity index (χ3n) is 4.22. The second-order valence-corrected chi connectivity index (χ2v) is 6.87. The quantitative estimate of drug-likeness (QED) is 0.602. The second kappa shape index (κ2) is 9.76. The van der Waals surface area contributed by atoms with Crippen molar-refractivity contribution in [1.82, 2.24) is 14.3 Å². The summed E-state index contributed by atoms with van der Waals surface area (Å²) in [7, 11) is 0. The molecule has 0 fully saturated rings. The number of carbonyl (C=O) groups is 1. The summed E-state index contributed by atoms with van der Waals surface area (Å²) in [6.45, 7) is 8.56. The number of pyridine rings is 1. The van der Waals surface area contributed by atoms with Gasteiger partial charge < -0.3 is 9.67 Å². The van der Waals surface area contributed by atoms with Gasteiger partial charge in [0, 0.05) is 30.1 Å². The largest absolute Gasteiger partial charge is 0.477 e. The predicted molar refractivity (Wildman–Crippen MR) is 116 cm³/mol. The molecule has 0 saturated carbocycles. The molecule has 1 N–H and O–H groups in total. The van der Waals surface area contributed by atoms with Crippen LogP contribution in [0.25, 0.3) is 11.3 Å². The molecule has 0 radical (unpaired) electrons. The maximum absolute atomic E-state index is 12.6. The van der Waals surface area contributed by atoms with Gasteiger partial charge in [0.05, 0.1) is 28.0 Å². The van der Waals surface area contributed by atoms with E-state index >= 15 is 0 Å². The molecule has 0 bridgehead atoms. The molecule has 3 aromatic rings. The molecule has 3 rings (SSSR count). The molecule has 2 aromatic heterocycles. The summed E-state index contributed by atoms with van der Waals surface area (Å²) >= 11 is 12.1. The van der Waals surface area contributed by atoms with Crippen LogP contribution in [0.5, 0.6) is 0 Å². The maximum atomic E-state index is 12.6. The van der Waals surface area contributed by atoms with E-state index < -0.39 is 11.4 Å². The van der Waals surface area contributed by atoms with E-state index in [1.807, 2.05) is 40.0 Å². The van der Waals surface area contributed by atoms with E-state index in [1.165, 1.54) is 6.07 Å². The Labute approximate surface area is 179 Å². The Hall–Kier alpha value is -2.57. The summed E-state index contributed by atoms with van der Waals surface area (Å²) in [4.78, 5) is 24.4. The molecule has 29 heavy (non-hydrogen) atoms. The van der Waals surface area contributed by atoms with Crippen molar-refractivity contribution >= 4 is 29.2 Å². The Morgan fingerprint density at radius 2 is 1.83 bits per heavy atom. The van der Waals surface area contributed by atoms with Crippen LogP contribution < -0.4 is 5.43 Å². The molecule has 0 atom stereocenters. The van der Waals surface area contributed by atoms with Crippen LogP contribution in [0.4, 0.5) is 0 Å². The van der Waals surface area contributed by atoms with Gasteiger partial charge in [-0.1, -0.05) is 43.1 Å². The second-order valence-electron chi connectivity index (χ2n) is 6.06. The molecule has 2 heterocycles. The van der Waals surface area contributed by atoms with Gasteiger partial charge in [-0.25, -0.2) is 4.79 Å². The fourth-order valence-corrected chi connectivity index (χ4v) is 3.35. The topological polar surface area (TPSA) is 77.1 Å². The van der Waals surface area contributed by atoms with E-state index in [4.69, 9.17) is 23.2 Å². The van der Waals surface area contributed by atoms with Crippen molar-refractivity contribution in [3.05, 3.63) is 73.7 Å². The lowest BCUT2D eigenvalue weighted by Gasteiger charge is -2.20. The van der Waals surface area contributed by atoms with Gasteiger partial charge in [-0.3, -0.25) is 9.48 Å². The van der Waals surface area contributed by atoms with Crippen molar-refractivity contribution in [2.75, 3.05) is 0 Å². The number of carboxylic acids is 1. The minimum absolute atomic E-state index is 0.286. The normalized spacial score (nSPS) is 10.4. The van der Waals surface area contributed by atoms with Crippen molar-refractivity contribution in [2.45, 2.75) is 40.8 Å². The summed E-state index contributed by atoms with van der Waals surface area (Å²) in [6.07, 6.45) is 1.81. The van der Waals surface area contributed by atoms with Gasteiger partial charge in [-0.15, -0.1) is 0 Å². The lowest BCUT2D eigenvalue weighted by molar-refractivity contribution is 0.0695. The SMILES string of the molecule is CC.CCn1c(Cn2ccc(C)n2)cc(=O)c(C(=O)O)c1-c1ccc(Cl)c(Cl)c1. The van der Waals surface area contributed by atoms with Gasteiger partial charge in [-0.2, -0.15) is 5.10 Å². The average Bonchev–Trinajstić information content (AvgIpc) is 3.09. The van der Waals surface area contributed by atoms with E-state index in [9.17, 15) is 14.7 Å². The summed E-state index contributed by atoms with van der Waals surface area (Å²) in [5.41, 5.74) is 1.46. The molecule has 0 aliphatic heterocycles. The monoisotopic (exact) mass is 435 g/mol. The number of hydrogen-bond acceptors (Lipinski definition) is 3. The lowest BCUT2D eigenvalue weighted by Crippen LogP contribution is -2.24. The van der Waals surface area contributed by atoms with Crippen LogP contribution in [0.15, 0.2) is 41.3 Å². The number of rotatable bonds is 5. The van der Waals surface area contributed by atoms with Gasteiger partial charge in [-0.05, 0) is 32.0 Å². The van der Waals surface area contributed by atoms with E-state index in [0.717, 1.165) is 5.69 Å². The smallest absolute Gasteiger partial charge is 0.341 e. The number of aromatic carboxylic acids is 1. The molecule has 0 spiro atoms. The van der Waals surface area contributed by atoms with Gasteiger partial charge in [0.1, 0.15) is 5.56 Å². The van der Waals surface area contributed by atoms with E-state index in [-0.39, 0.29) is 10.6 Å². The average molecular weight is 436 g/mol. The van der Waals surface area contributed by atoms with Crippen molar-refractivity contribution < 1.29 is 9.90 Å². The molecule has 1 aromatic carbocycles. The van der Waals surface area contributed by atoms with Crippen molar-refractivity contribution in [3.8, 4) is 11.3 Å². The van der Waals surface area contributed by atoms with Crippen LogP contribution in [0.2, 0.25) is 10.0 Å². The lowest BCUT2D eigenvalue weighted by atomic mass is 10.0. The van der Waals surface area contributed by atoms with Crippen molar-refractivity contribution in [1.29, 1.82) is 0 Å². The predicted octanol–water partition coefficient (Wildman–Crippen LogP) is 5.12. The van der Waals surface area contributed by atoms with Gasteiger partial charge in [0.2, 0.25) is 0 Å². The van der Waals surface area contributed by atoms with Crippen LogP contribution in [0.3, 0.4) is 0 Å². The molecule has 0 unspecified atom stereocenters. The van der Waals surface area contributed by atoms with Crippen LogP contribution >= 0.6 is 23.2 Å². The van der Waals surface area contributed by atoms with Gasteiger partial charge >= 0.3 is 5.97 Å².